The summed E-state index contributed by atoms with van der Waals surface area (Å²) in [6, 6.07) is 11.8. The Morgan fingerprint density at radius 3 is 2.35 bits per heavy atom. The van der Waals surface area contributed by atoms with E-state index >= 15 is 0 Å². The first-order chi connectivity index (χ1) is 23.0. The molecule has 0 aliphatic carbocycles. The summed E-state index contributed by atoms with van der Waals surface area (Å²) in [5.74, 6) is -0.389. The third-order valence-corrected chi connectivity index (χ3v) is 9.40. The first kappa shape index (κ1) is 33.2. The highest BCUT2D eigenvalue weighted by Crippen LogP contribution is 2.39. The number of hydrogen-bond donors (Lipinski definition) is 3. The second-order valence-electron chi connectivity index (χ2n) is 12.0. The summed E-state index contributed by atoms with van der Waals surface area (Å²) in [5.41, 5.74) is 1.24. The third kappa shape index (κ3) is 6.93. The van der Waals surface area contributed by atoms with Gasteiger partial charge in [0.05, 0.1) is 27.3 Å². The number of carbonyl (C=O) groups is 2. The Labute approximate surface area is 279 Å². The normalized spacial score (nSPS) is 16.6. The number of nitrogens with one attached hydrogen (secondary N) is 3. The van der Waals surface area contributed by atoms with Gasteiger partial charge in [0, 0.05) is 76.9 Å². The summed E-state index contributed by atoms with van der Waals surface area (Å²) in [4.78, 5) is 52.6. The molecule has 254 valence electrons. The number of aromatic nitrogens is 3. The number of aromatic amines is 1. The number of piperazine rings is 1. The number of carbonyl (C=O) groups excluding carboxylic acids is 2. The van der Waals surface area contributed by atoms with Crippen molar-refractivity contribution in [3.05, 3.63) is 87.6 Å². The molecule has 0 unspecified atom stereocenters. The van der Waals surface area contributed by atoms with E-state index in [1.165, 1.54) is 13.1 Å². The van der Waals surface area contributed by atoms with Crippen molar-refractivity contribution in [1.29, 1.82) is 0 Å². The van der Waals surface area contributed by atoms with Gasteiger partial charge in [0.1, 0.15) is 6.04 Å². The summed E-state index contributed by atoms with van der Waals surface area (Å²) in [6.07, 6.45) is -0.467. The SMILES string of the molecule is CNc1c(Cl)cc(C[C@@H](NC(=O)N2CCC(n3c(=O)[nH]c4ccccc43)CC2)C(=O)N2CCN(c3ccncc3)CC2)cc1C(F)(F)F. The van der Waals surface area contributed by atoms with E-state index in [0.717, 1.165) is 22.8 Å². The molecule has 0 radical (unpaired) electrons. The van der Waals surface area contributed by atoms with Crippen LogP contribution in [-0.4, -0.2) is 88.6 Å². The number of rotatable bonds is 7. The molecule has 6 rings (SSSR count). The van der Waals surface area contributed by atoms with Crippen LogP contribution in [0.3, 0.4) is 0 Å². The van der Waals surface area contributed by atoms with E-state index in [0.29, 0.717) is 52.1 Å². The summed E-state index contributed by atoms with van der Waals surface area (Å²) < 4.78 is 43.6. The molecule has 0 bridgehead atoms. The fourth-order valence-corrected chi connectivity index (χ4v) is 7.00. The van der Waals surface area contributed by atoms with Crippen molar-refractivity contribution >= 4 is 45.9 Å². The van der Waals surface area contributed by atoms with E-state index in [1.807, 2.05) is 36.4 Å². The van der Waals surface area contributed by atoms with E-state index in [1.54, 1.807) is 26.8 Å². The highest BCUT2D eigenvalue weighted by molar-refractivity contribution is 6.33. The number of anilines is 2. The van der Waals surface area contributed by atoms with Crippen LogP contribution in [0.2, 0.25) is 5.02 Å². The van der Waals surface area contributed by atoms with E-state index in [-0.39, 0.29) is 40.3 Å². The molecular formula is C33H36ClF3N8O3. The maximum atomic E-state index is 14.0. The number of nitrogens with zero attached hydrogens (tertiary/aromatic N) is 5. The van der Waals surface area contributed by atoms with Gasteiger partial charge in [0.15, 0.2) is 0 Å². The van der Waals surface area contributed by atoms with Gasteiger partial charge < -0.3 is 30.3 Å². The molecule has 4 aromatic rings. The predicted molar refractivity (Wildman–Crippen MR) is 177 cm³/mol. The number of halogens is 4. The Bertz CT molecular complexity index is 1830. The number of pyridine rings is 1. The molecule has 3 amide bonds. The Morgan fingerprint density at radius 2 is 1.69 bits per heavy atom. The maximum absolute atomic E-state index is 14.0. The van der Waals surface area contributed by atoms with Crippen LogP contribution in [0.4, 0.5) is 29.3 Å². The molecule has 2 aromatic carbocycles. The van der Waals surface area contributed by atoms with Crippen LogP contribution in [0.5, 0.6) is 0 Å². The molecule has 2 aliphatic heterocycles. The first-order valence-electron chi connectivity index (χ1n) is 15.8. The molecule has 1 atom stereocenters. The minimum absolute atomic E-state index is 0.125. The summed E-state index contributed by atoms with van der Waals surface area (Å²) in [6.45, 7) is 2.47. The van der Waals surface area contributed by atoms with Gasteiger partial charge in [-0.3, -0.25) is 14.3 Å². The lowest BCUT2D eigenvalue weighted by Crippen LogP contribution is -2.57. The number of imidazole rings is 1. The van der Waals surface area contributed by atoms with Gasteiger partial charge >= 0.3 is 17.9 Å². The monoisotopic (exact) mass is 684 g/mol. The number of amides is 3. The van der Waals surface area contributed by atoms with Crippen molar-refractivity contribution in [3.8, 4) is 0 Å². The van der Waals surface area contributed by atoms with Gasteiger partial charge in [-0.1, -0.05) is 23.7 Å². The topological polar surface area (TPSA) is 119 Å². The van der Waals surface area contributed by atoms with Gasteiger partial charge in [0.25, 0.3) is 0 Å². The number of alkyl halides is 3. The molecule has 4 heterocycles. The number of piperidine rings is 1. The quantitative estimate of drug-likeness (QED) is 0.259. The Hall–Kier alpha value is -4.72. The van der Waals surface area contributed by atoms with Crippen molar-refractivity contribution in [2.24, 2.45) is 0 Å². The van der Waals surface area contributed by atoms with Crippen LogP contribution in [0.25, 0.3) is 11.0 Å². The van der Waals surface area contributed by atoms with Gasteiger partial charge in [-0.05, 0) is 54.8 Å². The average molecular weight is 685 g/mol. The van der Waals surface area contributed by atoms with Crippen LogP contribution in [0.1, 0.15) is 30.0 Å². The van der Waals surface area contributed by atoms with Gasteiger partial charge in [-0.25, -0.2) is 9.59 Å². The van der Waals surface area contributed by atoms with Crippen molar-refractivity contribution in [1.82, 2.24) is 29.7 Å². The number of hydrogen-bond acceptors (Lipinski definition) is 6. The summed E-state index contributed by atoms with van der Waals surface area (Å²) >= 11 is 6.27. The molecule has 3 N–H and O–H groups in total. The van der Waals surface area contributed by atoms with Crippen LogP contribution >= 0.6 is 11.6 Å². The molecule has 2 aliphatic rings. The highest BCUT2D eigenvalue weighted by Gasteiger charge is 2.36. The fraction of sp³-hybridized carbons (Fsp3) is 0.394. The zero-order valence-corrected chi connectivity index (χ0v) is 27.0. The second-order valence-corrected chi connectivity index (χ2v) is 12.4. The Kier molecular flexibility index (Phi) is 9.54. The molecule has 11 nitrogen and oxygen atoms in total. The maximum Gasteiger partial charge on any atom is 0.418 e. The first-order valence-corrected chi connectivity index (χ1v) is 16.2. The highest BCUT2D eigenvalue weighted by atomic mass is 35.5. The zero-order valence-electron chi connectivity index (χ0n) is 26.3. The largest absolute Gasteiger partial charge is 0.418 e. The van der Waals surface area contributed by atoms with E-state index < -0.39 is 23.8 Å². The lowest BCUT2D eigenvalue weighted by molar-refractivity contribution is -0.137. The second kappa shape index (κ2) is 13.8. The van der Waals surface area contributed by atoms with E-state index in [2.05, 4.69) is 25.5 Å². The third-order valence-electron chi connectivity index (χ3n) is 9.10. The summed E-state index contributed by atoms with van der Waals surface area (Å²) in [7, 11) is 1.35. The minimum Gasteiger partial charge on any atom is -0.386 e. The standard InChI is InChI=1S/C33H36ClF3N8O3/c1-38-29-24(33(35,36)37)18-21(19-25(29)34)20-27(30(46)43-16-14-42(15-17-43)22-6-10-39-11-7-22)41-31(47)44-12-8-23(9-13-44)45-28-5-3-2-4-26(28)40-32(45)48/h2-7,10-11,18-19,23,27,38H,8-9,12-17,20H2,1H3,(H,40,48)(H,41,47)/t27-/m1/s1. The van der Waals surface area contributed by atoms with Crippen molar-refractivity contribution in [3.63, 3.8) is 0 Å². The summed E-state index contributed by atoms with van der Waals surface area (Å²) in [5, 5.41) is 5.20. The number of likely N-dealkylation sites (tertiary alicyclic amines) is 1. The molecule has 48 heavy (non-hydrogen) atoms. The molecule has 15 heteroatoms. The minimum atomic E-state index is -4.69. The number of urea groups is 1. The van der Waals surface area contributed by atoms with Crippen molar-refractivity contribution < 1.29 is 22.8 Å². The average Bonchev–Trinajstić information content (AvgIpc) is 3.43. The van der Waals surface area contributed by atoms with Gasteiger partial charge in [-0.15, -0.1) is 0 Å². The van der Waals surface area contributed by atoms with Gasteiger partial charge in [0.2, 0.25) is 5.91 Å². The number of para-hydroxylation sites is 2. The van der Waals surface area contributed by atoms with Crippen LogP contribution in [0.15, 0.2) is 65.7 Å². The van der Waals surface area contributed by atoms with Crippen LogP contribution < -0.4 is 21.2 Å². The lowest BCUT2D eigenvalue weighted by atomic mass is 10.00. The lowest BCUT2D eigenvalue weighted by Gasteiger charge is -2.38. The molecule has 2 saturated heterocycles. The number of fused-ring (bicyclic) bond motifs is 1. The number of benzene rings is 2. The smallest absolute Gasteiger partial charge is 0.386 e. The molecular weight excluding hydrogens is 649 g/mol. The molecule has 0 spiro atoms. The van der Waals surface area contributed by atoms with E-state index in [4.69, 9.17) is 11.6 Å². The number of H-pyrrole nitrogens is 1. The predicted octanol–water partition coefficient (Wildman–Crippen LogP) is 4.75. The Morgan fingerprint density at radius 1 is 1.00 bits per heavy atom. The van der Waals surface area contributed by atoms with E-state index in [9.17, 15) is 27.6 Å². The fourth-order valence-electron chi connectivity index (χ4n) is 6.66. The molecule has 2 aromatic heterocycles. The Balaban J connectivity index is 1.19. The van der Waals surface area contributed by atoms with Crippen molar-refractivity contribution in [2.75, 3.05) is 56.5 Å². The zero-order chi connectivity index (χ0) is 34.0. The molecule has 2 fully saturated rings. The van der Waals surface area contributed by atoms with Crippen LogP contribution in [-0.2, 0) is 17.4 Å². The van der Waals surface area contributed by atoms with Crippen LogP contribution in [0, 0.1) is 0 Å². The molecule has 0 saturated carbocycles. The van der Waals surface area contributed by atoms with Gasteiger partial charge in [-0.2, -0.15) is 13.2 Å². The van der Waals surface area contributed by atoms with Crippen molar-refractivity contribution in [2.45, 2.75) is 37.5 Å².